The molecule has 11 nitrogen and oxygen atoms in total. The number of nitrogens with zero attached hydrogens (tertiary/aromatic N) is 3. The molecular formula is C20H16ClF4N5O6. The number of rotatable bonds is 7. The Morgan fingerprint density at radius 1 is 1.06 bits per heavy atom. The zero-order chi connectivity index (χ0) is 26.9. The molecule has 0 aliphatic carbocycles. The number of hydrogen-bond donors (Lipinski definition) is 5. The van der Waals surface area contributed by atoms with Gasteiger partial charge in [-0.25, -0.2) is 13.8 Å². The summed E-state index contributed by atoms with van der Waals surface area (Å²) >= 11 is 5.75. The third kappa shape index (κ3) is 8.43. The highest BCUT2D eigenvalue weighted by molar-refractivity contribution is 6.31. The maximum atomic E-state index is 13.3. The summed E-state index contributed by atoms with van der Waals surface area (Å²) < 4.78 is 49.8. The Morgan fingerprint density at radius 2 is 1.67 bits per heavy atom. The molecule has 1 heterocycles. The van der Waals surface area contributed by atoms with Gasteiger partial charge in [0.1, 0.15) is 11.5 Å². The number of carboxylic acids is 2. The van der Waals surface area contributed by atoms with Gasteiger partial charge in [-0.1, -0.05) is 34.0 Å². The number of aliphatic carboxylic acids is 2. The second-order valence-corrected chi connectivity index (χ2v) is 7.09. The number of aromatic nitrogens is 2. The van der Waals surface area contributed by atoms with Crippen LogP contribution >= 0.6 is 11.6 Å². The number of alkyl halides is 3. The highest BCUT2D eigenvalue weighted by atomic mass is 35.5. The molecule has 1 aromatic heterocycles. The van der Waals surface area contributed by atoms with Gasteiger partial charge in [0.2, 0.25) is 5.84 Å². The van der Waals surface area contributed by atoms with E-state index in [1.54, 1.807) is 24.3 Å². The highest BCUT2D eigenvalue weighted by Crippen LogP contribution is 2.20. The number of anilines is 2. The van der Waals surface area contributed by atoms with Crippen LogP contribution in [0.2, 0.25) is 5.02 Å². The van der Waals surface area contributed by atoms with E-state index >= 15 is 0 Å². The van der Waals surface area contributed by atoms with Crippen molar-refractivity contribution in [3.05, 3.63) is 70.3 Å². The zero-order valence-electron chi connectivity index (χ0n) is 17.8. The quantitative estimate of drug-likeness (QED) is 0.0983. The number of amidine groups is 1. The third-order valence-corrected chi connectivity index (χ3v) is 4.36. The van der Waals surface area contributed by atoms with Crippen molar-refractivity contribution in [2.75, 3.05) is 10.6 Å². The van der Waals surface area contributed by atoms with Crippen molar-refractivity contribution in [3.8, 4) is 0 Å². The average Bonchev–Trinajstić information content (AvgIpc) is 3.27. The Hall–Kier alpha value is -4.40. The van der Waals surface area contributed by atoms with Gasteiger partial charge in [-0.2, -0.15) is 13.2 Å². The van der Waals surface area contributed by atoms with Gasteiger partial charge < -0.3 is 26.1 Å². The Labute approximate surface area is 203 Å². The molecule has 0 fully saturated rings. The van der Waals surface area contributed by atoms with Crippen LogP contribution in [0.3, 0.4) is 0 Å². The molecule has 0 saturated heterocycles. The van der Waals surface area contributed by atoms with E-state index in [1.165, 1.54) is 12.1 Å². The minimum absolute atomic E-state index is 0.0625. The first-order chi connectivity index (χ1) is 16.9. The topological polar surface area (TPSA) is 170 Å². The molecule has 0 radical (unpaired) electrons. The lowest BCUT2D eigenvalue weighted by atomic mass is 10.1. The predicted octanol–water partition coefficient (Wildman–Crippen LogP) is 3.98. The number of benzene rings is 2. The van der Waals surface area contributed by atoms with Gasteiger partial charge >= 0.3 is 18.1 Å². The predicted molar refractivity (Wildman–Crippen MR) is 116 cm³/mol. The molecule has 0 aliphatic heterocycles. The summed E-state index contributed by atoms with van der Waals surface area (Å²) in [5, 5.41) is 41.7. The van der Waals surface area contributed by atoms with Gasteiger partial charge in [0.05, 0.1) is 18.0 Å². The lowest BCUT2D eigenvalue weighted by Gasteiger charge is -2.09. The standard InChI is InChI=1S/C18H15ClFN5O4.C2HF3O2/c19-13-8-12(5-6-14(13)20)22-18(23-28)17-15(24-29-25-17)9-21-11-3-1-10(2-4-11)7-16(26)27;3-2(4,5)1(6)7/h1-6,8,21,28H,7,9H2,(H,22,23)(H,26,27);(H,6,7). The largest absolute Gasteiger partial charge is 0.490 e. The monoisotopic (exact) mass is 533 g/mol. The summed E-state index contributed by atoms with van der Waals surface area (Å²) in [6.07, 6.45) is -5.15. The zero-order valence-corrected chi connectivity index (χ0v) is 18.5. The number of carbonyl (C=O) groups is 2. The Bertz CT molecular complexity index is 1230. The molecule has 0 spiro atoms. The van der Waals surface area contributed by atoms with Gasteiger partial charge in [0.15, 0.2) is 5.69 Å². The molecule has 0 amide bonds. The Kier molecular flexibility index (Phi) is 9.55. The smallest absolute Gasteiger partial charge is 0.481 e. The first-order valence-corrected chi connectivity index (χ1v) is 9.89. The van der Waals surface area contributed by atoms with Crippen LogP contribution in [0.5, 0.6) is 0 Å². The summed E-state index contributed by atoms with van der Waals surface area (Å²) in [6.45, 7) is 0.183. The van der Waals surface area contributed by atoms with Crippen LogP contribution in [0.15, 0.2) is 52.2 Å². The fourth-order valence-electron chi connectivity index (χ4n) is 2.45. The lowest BCUT2D eigenvalue weighted by Crippen LogP contribution is -2.21. The van der Waals surface area contributed by atoms with Crippen LogP contribution < -0.4 is 10.6 Å². The number of carboxylic acid groups (broad SMARTS) is 2. The van der Waals surface area contributed by atoms with E-state index in [0.29, 0.717) is 22.6 Å². The first kappa shape index (κ1) is 27.8. The maximum absolute atomic E-state index is 13.3. The van der Waals surface area contributed by atoms with Crippen molar-refractivity contribution in [1.82, 2.24) is 10.3 Å². The first-order valence-electron chi connectivity index (χ1n) is 9.51. The van der Waals surface area contributed by atoms with E-state index in [4.69, 9.17) is 31.2 Å². The van der Waals surface area contributed by atoms with E-state index in [1.807, 2.05) is 0 Å². The van der Waals surface area contributed by atoms with Crippen LogP contribution in [-0.4, -0.2) is 49.7 Å². The van der Waals surface area contributed by atoms with Gasteiger partial charge in [0.25, 0.3) is 0 Å². The fraction of sp³-hybridized carbons (Fsp3) is 0.150. The normalized spacial score (nSPS) is 11.3. The van der Waals surface area contributed by atoms with Crippen LogP contribution in [0, 0.1) is 5.82 Å². The molecule has 192 valence electrons. The summed E-state index contributed by atoms with van der Waals surface area (Å²) in [6, 6.07) is 10.7. The molecule has 16 heteroatoms. The maximum Gasteiger partial charge on any atom is 0.490 e. The summed E-state index contributed by atoms with van der Waals surface area (Å²) in [5.74, 6) is -4.31. The van der Waals surface area contributed by atoms with E-state index < -0.39 is 23.9 Å². The molecule has 3 rings (SSSR count). The number of nitrogens with one attached hydrogen (secondary N) is 2. The van der Waals surface area contributed by atoms with E-state index in [-0.39, 0.29) is 29.5 Å². The molecule has 3 aromatic rings. The molecule has 0 saturated carbocycles. The molecule has 36 heavy (non-hydrogen) atoms. The summed E-state index contributed by atoms with van der Waals surface area (Å²) in [5.41, 5.74) is 2.24. The lowest BCUT2D eigenvalue weighted by molar-refractivity contribution is -0.192. The summed E-state index contributed by atoms with van der Waals surface area (Å²) in [7, 11) is 0. The molecule has 2 aromatic carbocycles. The molecule has 0 bridgehead atoms. The van der Waals surface area contributed by atoms with E-state index in [0.717, 1.165) is 6.07 Å². The molecule has 0 unspecified atom stereocenters. The number of halogens is 5. The second-order valence-electron chi connectivity index (χ2n) is 6.69. The number of oxime groups is 1. The summed E-state index contributed by atoms with van der Waals surface area (Å²) in [4.78, 5) is 19.6. The van der Waals surface area contributed by atoms with Crippen LogP contribution in [0.4, 0.5) is 28.9 Å². The fourth-order valence-corrected chi connectivity index (χ4v) is 2.63. The Morgan fingerprint density at radius 3 is 2.19 bits per heavy atom. The van der Waals surface area contributed by atoms with Crippen molar-refractivity contribution in [3.63, 3.8) is 0 Å². The number of hydrogen-bond acceptors (Lipinski definition) is 8. The minimum Gasteiger partial charge on any atom is -0.481 e. The SMILES string of the molecule is O=C(O)C(F)(F)F.O=C(O)Cc1ccc(NCc2nonc2/C(=N\O)Nc2ccc(F)c(Cl)c2)cc1. The van der Waals surface area contributed by atoms with E-state index in [2.05, 4.69) is 26.1 Å². The molecule has 5 N–H and O–H groups in total. The van der Waals surface area contributed by atoms with Crippen molar-refractivity contribution in [2.45, 2.75) is 19.1 Å². The Balaban J connectivity index is 0.000000572. The van der Waals surface area contributed by atoms with Crippen LogP contribution in [-0.2, 0) is 22.6 Å². The highest BCUT2D eigenvalue weighted by Gasteiger charge is 2.38. The van der Waals surface area contributed by atoms with Crippen molar-refractivity contribution in [1.29, 1.82) is 0 Å². The van der Waals surface area contributed by atoms with Crippen molar-refractivity contribution < 1.29 is 47.2 Å². The molecule has 0 atom stereocenters. The van der Waals surface area contributed by atoms with Crippen LogP contribution in [0.1, 0.15) is 17.0 Å². The average molecular weight is 534 g/mol. The molecule has 0 aliphatic rings. The van der Waals surface area contributed by atoms with Crippen LogP contribution in [0.25, 0.3) is 0 Å². The van der Waals surface area contributed by atoms with Crippen molar-refractivity contribution >= 4 is 40.7 Å². The minimum atomic E-state index is -5.08. The second kappa shape index (κ2) is 12.3. The third-order valence-electron chi connectivity index (χ3n) is 4.07. The molecular weight excluding hydrogens is 518 g/mol. The van der Waals surface area contributed by atoms with Gasteiger partial charge in [-0.3, -0.25) is 4.79 Å². The van der Waals surface area contributed by atoms with Crippen molar-refractivity contribution in [2.24, 2.45) is 5.16 Å². The van der Waals surface area contributed by atoms with Gasteiger partial charge in [-0.05, 0) is 41.1 Å². The van der Waals surface area contributed by atoms with E-state index in [9.17, 15) is 27.6 Å². The van der Waals surface area contributed by atoms with Gasteiger partial charge in [-0.15, -0.1) is 0 Å². The van der Waals surface area contributed by atoms with Gasteiger partial charge in [0, 0.05) is 11.4 Å².